The minimum Gasteiger partial charge on any atom is -0.378 e. The molecule has 0 spiro atoms. The highest BCUT2D eigenvalue weighted by Gasteiger charge is 2.25. The Labute approximate surface area is 74.1 Å². The molecule has 2 saturated heterocycles. The van der Waals surface area contributed by atoms with Gasteiger partial charge in [0.2, 0.25) is 0 Å². The van der Waals surface area contributed by atoms with Gasteiger partial charge in [0.1, 0.15) is 0 Å². The lowest BCUT2D eigenvalue weighted by Gasteiger charge is -2.35. The first-order valence-electron chi connectivity index (χ1n) is 4.87. The summed E-state index contributed by atoms with van der Waals surface area (Å²) in [5, 5.41) is 3.51. The van der Waals surface area contributed by atoms with Crippen LogP contribution in [0.25, 0.3) is 0 Å². The molecule has 2 aliphatic heterocycles. The van der Waals surface area contributed by atoms with Gasteiger partial charge in [-0.2, -0.15) is 0 Å². The molecule has 0 aliphatic carbocycles. The SMILES string of the molecule is CN(CC1CCCN1)C1COC1. The van der Waals surface area contributed by atoms with Crippen molar-refractivity contribution in [3.05, 3.63) is 0 Å². The van der Waals surface area contributed by atoms with Crippen LogP contribution in [-0.2, 0) is 4.74 Å². The largest absolute Gasteiger partial charge is 0.378 e. The Kier molecular flexibility index (Phi) is 2.63. The van der Waals surface area contributed by atoms with Crippen molar-refractivity contribution in [2.24, 2.45) is 0 Å². The van der Waals surface area contributed by atoms with Crippen LogP contribution in [0.2, 0.25) is 0 Å². The topological polar surface area (TPSA) is 24.5 Å². The Morgan fingerprint density at radius 2 is 2.33 bits per heavy atom. The second-order valence-corrected chi connectivity index (χ2v) is 3.92. The van der Waals surface area contributed by atoms with Gasteiger partial charge in [-0.3, -0.25) is 4.90 Å². The van der Waals surface area contributed by atoms with E-state index in [1.807, 2.05) is 0 Å². The van der Waals surface area contributed by atoms with E-state index in [1.165, 1.54) is 25.9 Å². The third-order valence-electron chi connectivity index (χ3n) is 2.91. The predicted molar refractivity (Wildman–Crippen MR) is 48.3 cm³/mol. The number of hydrogen-bond donors (Lipinski definition) is 1. The fraction of sp³-hybridized carbons (Fsp3) is 1.00. The maximum absolute atomic E-state index is 5.16. The van der Waals surface area contributed by atoms with E-state index in [9.17, 15) is 0 Å². The van der Waals surface area contributed by atoms with Crippen molar-refractivity contribution < 1.29 is 4.74 Å². The number of likely N-dealkylation sites (N-methyl/N-ethyl adjacent to an activating group) is 1. The van der Waals surface area contributed by atoms with Gasteiger partial charge in [0.15, 0.2) is 0 Å². The lowest BCUT2D eigenvalue weighted by atomic mass is 10.1. The van der Waals surface area contributed by atoms with Crippen LogP contribution >= 0.6 is 0 Å². The quantitative estimate of drug-likeness (QED) is 0.648. The van der Waals surface area contributed by atoms with Gasteiger partial charge in [0.25, 0.3) is 0 Å². The van der Waals surface area contributed by atoms with Gasteiger partial charge < -0.3 is 10.1 Å². The zero-order chi connectivity index (χ0) is 8.39. The lowest BCUT2D eigenvalue weighted by Crippen LogP contribution is -2.50. The molecule has 0 radical (unpaired) electrons. The summed E-state index contributed by atoms with van der Waals surface area (Å²) in [6, 6.07) is 1.42. The molecule has 0 saturated carbocycles. The second-order valence-electron chi connectivity index (χ2n) is 3.92. The smallest absolute Gasteiger partial charge is 0.0645 e. The normalized spacial score (nSPS) is 31.0. The summed E-state index contributed by atoms with van der Waals surface area (Å²) in [6.07, 6.45) is 2.69. The molecule has 2 fully saturated rings. The fourth-order valence-electron chi connectivity index (χ4n) is 1.89. The summed E-state index contributed by atoms with van der Waals surface area (Å²) in [5.41, 5.74) is 0. The van der Waals surface area contributed by atoms with Crippen molar-refractivity contribution in [2.45, 2.75) is 24.9 Å². The molecule has 2 rings (SSSR count). The van der Waals surface area contributed by atoms with Gasteiger partial charge in [-0.25, -0.2) is 0 Å². The van der Waals surface area contributed by atoms with E-state index in [-0.39, 0.29) is 0 Å². The van der Waals surface area contributed by atoms with Gasteiger partial charge in [0.05, 0.1) is 19.3 Å². The third-order valence-corrected chi connectivity index (χ3v) is 2.91. The third kappa shape index (κ3) is 1.79. The van der Waals surface area contributed by atoms with Crippen LogP contribution in [-0.4, -0.2) is 50.3 Å². The number of rotatable bonds is 3. The predicted octanol–water partition coefficient (Wildman–Crippen LogP) is 0.0690. The molecule has 12 heavy (non-hydrogen) atoms. The molecule has 2 heterocycles. The Bertz CT molecular complexity index is 141. The number of hydrogen-bond acceptors (Lipinski definition) is 3. The summed E-state index contributed by atoms with van der Waals surface area (Å²) >= 11 is 0. The highest BCUT2D eigenvalue weighted by atomic mass is 16.5. The fourth-order valence-corrected chi connectivity index (χ4v) is 1.89. The van der Waals surface area contributed by atoms with Gasteiger partial charge in [-0.15, -0.1) is 0 Å². The van der Waals surface area contributed by atoms with Crippen molar-refractivity contribution >= 4 is 0 Å². The van der Waals surface area contributed by atoms with Gasteiger partial charge in [-0.1, -0.05) is 0 Å². The highest BCUT2D eigenvalue weighted by Crippen LogP contribution is 2.12. The summed E-state index contributed by atoms with van der Waals surface area (Å²) in [4.78, 5) is 2.42. The maximum atomic E-state index is 5.16. The monoisotopic (exact) mass is 170 g/mol. The van der Waals surface area contributed by atoms with Crippen LogP contribution in [0, 0.1) is 0 Å². The van der Waals surface area contributed by atoms with Gasteiger partial charge in [0, 0.05) is 12.6 Å². The van der Waals surface area contributed by atoms with Crippen LogP contribution in [0.4, 0.5) is 0 Å². The minimum absolute atomic E-state index is 0.687. The first-order chi connectivity index (χ1) is 5.86. The average Bonchev–Trinajstić information content (AvgIpc) is 2.34. The molecule has 0 aromatic rings. The molecule has 0 aromatic carbocycles. The summed E-state index contributed by atoms with van der Waals surface area (Å²) in [6.45, 7) is 4.26. The van der Waals surface area contributed by atoms with E-state index in [0.29, 0.717) is 6.04 Å². The maximum Gasteiger partial charge on any atom is 0.0645 e. The van der Waals surface area contributed by atoms with Gasteiger partial charge >= 0.3 is 0 Å². The molecular weight excluding hydrogens is 152 g/mol. The van der Waals surface area contributed by atoms with Crippen LogP contribution in [0.1, 0.15) is 12.8 Å². The summed E-state index contributed by atoms with van der Waals surface area (Å²) in [5.74, 6) is 0. The second kappa shape index (κ2) is 3.73. The van der Waals surface area contributed by atoms with E-state index in [0.717, 1.165) is 19.3 Å². The molecule has 0 aromatic heterocycles. The highest BCUT2D eigenvalue weighted by molar-refractivity contribution is 4.82. The van der Waals surface area contributed by atoms with Crippen LogP contribution < -0.4 is 5.32 Å². The first kappa shape index (κ1) is 8.48. The Morgan fingerprint density at radius 3 is 2.83 bits per heavy atom. The molecular formula is C9H18N2O. The van der Waals surface area contributed by atoms with Crippen molar-refractivity contribution in [3.63, 3.8) is 0 Å². The molecule has 1 atom stereocenters. The lowest BCUT2D eigenvalue weighted by molar-refractivity contribution is -0.0576. The molecule has 3 nitrogen and oxygen atoms in total. The molecule has 0 amide bonds. The first-order valence-corrected chi connectivity index (χ1v) is 4.87. The van der Waals surface area contributed by atoms with Crippen molar-refractivity contribution in [1.29, 1.82) is 0 Å². The molecule has 1 N–H and O–H groups in total. The Balaban J connectivity index is 1.69. The Hall–Kier alpha value is -0.120. The van der Waals surface area contributed by atoms with Crippen molar-refractivity contribution in [2.75, 3.05) is 33.4 Å². The molecule has 1 unspecified atom stereocenters. The van der Waals surface area contributed by atoms with Gasteiger partial charge in [-0.05, 0) is 26.4 Å². The van der Waals surface area contributed by atoms with Crippen LogP contribution in [0.15, 0.2) is 0 Å². The zero-order valence-corrected chi connectivity index (χ0v) is 7.75. The van der Waals surface area contributed by atoms with E-state index >= 15 is 0 Å². The standard InChI is InChI=1S/C9H18N2O/c1-11(9-6-12-7-9)5-8-3-2-4-10-8/h8-10H,2-7H2,1H3. The van der Waals surface area contributed by atoms with Crippen molar-refractivity contribution in [3.8, 4) is 0 Å². The Morgan fingerprint density at radius 1 is 1.50 bits per heavy atom. The molecule has 0 bridgehead atoms. The minimum atomic E-state index is 0.687. The number of nitrogens with one attached hydrogen (secondary N) is 1. The number of ether oxygens (including phenoxy) is 1. The summed E-state index contributed by atoms with van der Waals surface area (Å²) in [7, 11) is 2.20. The van der Waals surface area contributed by atoms with Crippen molar-refractivity contribution in [1.82, 2.24) is 10.2 Å². The van der Waals surface area contributed by atoms with E-state index in [4.69, 9.17) is 4.74 Å². The molecule has 3 heteroatoms. The molecule has 70 valence electrons. The zero-order valence-electron chi connectivity index (χ0n) is 7.75. The summed E-state index contributed by atoms with van der Waals surface area (Å²) < 4.78 is 5.16. The van der Waals surface area contributed by atoms with E-state index < -0.39 is 0 Å². The average molecular weight is 170 g/mol. The van der Waals surface area contributed by atoms with Crippen LogP contribution in [0.5, 0.6) is 0 Å². The molecule has 2 aliphatic rings. The van der Waals surface area contributed by atoms with E-state index in [1.54, 1.807) is 0 Å². The van der Waals surface area contributed by atoms with E-state index in [2.05, 4.69) is 17.3 Å². The van der Waals surface area contributed by atoms with Crippen LogP contribution in [0.3, 0.4) is 0 Å². The number of nitrogens with zero attached hydrogens (tertiary/aromatic N) is 1.